The summed E-state index contributed by atoms with van der Waals surface area (Å²) in [6, 6.07) is 13.9. The lowest BCUT2D eigenvalue weighted by atomic mass is 10.1. The number of benzene rings is 2. The lowest BCUT2D eigenvalue weighted by molar-refractivity contribution is 0.1000. The van der Waals surface area contributed by atoms with Crippen LogP contribution in [-0.4, -0.2) is 10.5 Å². The summed E-state index contributed by atoms with van der Waals surface area (Å²) in [6.07, 6.45) is 1.84. The molecule has 0 aliphatic carbocycles. The Balaban J connectivity index is 1.99. The number of halogens is 1. The number of carbonyl (C=O) groups is 1. The van der Waals surface area contributed by atoms with Crippen molar-refractivity contribution in [2.45, 2.75) is 6.54 Å². The van der Waals surface area contributed by atoms with Crippen LogP contribution in [0.4, 0.5) is 4.39 Å². The van der Waals surface area contributed by atoms with Gasteiger partial charge in [-0.15, -0.1) is 0 Å². The number of carbonyl (C=O) groups excluding carboxylic acids is 1. The van der Waals surface area contributed by atoms with E-state index in [1.807, 2.05) is 22.9 Å². The van der Waals surface area contributed by atoms with Gasteiger partial charge in [0.2, 0.25) is 5.91 Å². The van der Waals surface area contributed by atoms with Gasteiger partial charge in [0.05, 0.1) is 5.52 Å². The van der Waals surface area contributed by atoms with Gasteiger partial charge in [0.1, 0.15) is 5.82 Å². The number of nitrogens with two attached hydrogens (primary N) is 1. The average molecular weight is 268 g/mol. The highest BCUT2D eigenvalue weighted by Crippen LogP contribution is 2.20. The molecule has 0 unspecified atom stereocenters. The van der Waals surface area contributed by atoms with Crippen LogP contribution in [0.25, 0.3) is 10.9 Å². The van der Waals surface area contributed by atoms with E-state index in [0.717, 1.165) is 11.1 Å². The van der Waals surface area contributed by atoms with Crippen molar-refractivity contribution in [1.82, 2.24) is 4.57 Å². The Labute approximate surface area is 115 Å². The van der Waals surface area contributed by atoms with Crippen LogP contribution in [-0.2, 0) is 6.54 Å². The summed E-state index contributed by atoms with van der Waals surface area (Å²) in [7, 11) is 0. The van der Waals surface area contributed by atoms with Crippen molar-refractivity contribution in [2.24, 2.45) is 5.73 Å². The van der Waals surface area contributed by atoms with E-state index in [9.17, 15) is 9.18 Å². The summed E-state index contributed by atoms with van der Waals surface area (Å²) in [5.74, 6) is -0.678. The number of primary amides is 1. The van der Waals surface area contributed by atoms with E-state index < -0.39 is 5.91 Å². The second kappa shape index (κ2) is 4.81. The summed E-state index contributed by atoms with van der Waals surface area (Å²) in [5, 5.41) is 0.596. The molecule has 0 atom stereocenters. The molecule has 20 heavy (non-hydrogen) atoms. The number of nitrogens with zero attached hydrogens (tertiary/aromatic N) is 1. The van der Waals surface area contributed by atoms with Gasteiger partial charge < -0.3 is 10.3 Å². The van der Waals surface area contributed by atoms with Crippen molar-refractivity contribution in [3.8, 4) is 0 Å². The zero-order valence-corrected chi connectivity index (χ0v) is 10.7. The number of amides is 1. The predicted molar refractivity (Wildman–Crippen MR) is 76.0 cm³/mol. The first-order chi connectivity index (χ1) is 9.65. The fourth-order valence-corrected chi connectivity index (χ4v) is 2.34. The van der Waals surface area contributed by atoms with Gasteiger partial charge in [-0.25, -0.2) is 4.39 Å². The maximum absolute atomic E-state index is 13.6. The molecule has 0 saturated carbocycles. The van der Waals surface area contributed by atoms with Gasteiger partial charge in [-0.1, -0.05) is 18.2 Å². The zero-order chi connectivity index (χ0) is 14.1. The monoisotopic (exact) mass is 268 g/mol. The smallest absolute Gasteiger partial charge is 0.248 e. The zero-order valence-electron chi connectivity index (χ0n) is 10.7. The molecular formula is C16H13FN2O. The van der Waals surface area contributed by atoms with Crippen molar-refractivity contribution >= 4 is 16.8 Å². The number of hydrogen-bond acceptors (Lipinski definition) is 1. The molecule has 0 aliphatic rings. The molecule has 3 rings (SSSR count). The third kappa shape index (κ3) is 2.16. The molecule has 4 heteroatoms. The van der Waals surface area contributed by atoms with Gasteiger partial charge in [0, 0.05) is 23.7 Å². The van der Waals surface area contributed by atoms with Crippen LogP contribution >= 0.6 is 0 Å². The molecule has 2 N–H and O–H groups in total. The van der Waals surface area contributed by atoms with Crippen LogP contribution in [0.2, 0.25) is 0 Å². The van der Waals surface area contributed by atoms with Crippen LogP contribution in [0.3, 0.4) is 0 Å². The van der Waals surface area contributed by atoms with Gasteiger partial charge in [-0.05, 0) is 35.9 Å². The average Bonchev–Trinajstić information content (AvgIpc) is 2.84. The van der Waals surface area contributed by atoms with Crippen molar-refractivity contribution in [3.05, 3.63) is 71.7 Å². The second-order valence-electron chi connectivity index (χ2n) is 4.68. The van der Waals surface area contributed by atoms with Crippen LogP contribution < -0.4 is 5.73 Å². The van der Waals surface area contributed by atoms with Crippen LogP contribution in [0, 0.1) is 5.82 Å². The van der Waals surface area contributed by atoms with E-state index in [1.54, 1.807) is 30.3 Å². The molecule has 1 amide bonds. The van der Waals surface area contributed by atoms with E-state index in [-0.39, 0.29) is 5.82 Å². The molecule has 0 fully saturated rings. The molecule has 0 saturated heterocycles. The number of fused-ring (bicyclic) bond motifs is 1. The third-order valence-electron chi connectivity index (χ3n) is 3.32. The third-order valence-corrected chi connectivity index (χ3v) is 3.32. The van der Waals surface area contributed by atoms with E-state index in [1.165, 1.54) is 6.07 Å². The summed E-state index contributed by atoms with van der Waals surface area (Å²) in [6.45, 7) is 0.564. The van der Waals surface area contributed by atoms with Gasteiger partial charge >= 0.3 is 0 Å². The molecule has 2 aromatic carbocycles. The van der Waals surface area contributed by atoms with Crippen molar-refractivity contribution in [3.63, 3.8) is 0 Å². The summed E-state index contributed by atoms with van der Waals surface area (Å²) in [4.78, 5) is 11.2. The number of rotatable bonds is 3. The number of hydrogen-bond donors (Lipinski definition) is 1. The Kier molecular flexibility index (Phi) is 2.99. The quantitative estimate of drug-likeness (QED) is 0.780. The minimum Gasteiger partial charge on any atom is -0.366 e. The highest BCUT2D eigenvalue weighted by molar-refractivity contribution is 5.92. The van der Waals surface area contributed by atoms with Gasteiger partial charge in [-0.3, -0.25) is 4.79 Å². The molecule has 1 heterocycles. The predicted octanol–water partition coefficient (Wildman–Crippen LogP) is 2.93. The maximum atomic E-state index is 13.6. The van der Waals surface area contributed by atoms with Gasteiger partial charge in [-0.2, -0.15) is 0 Å². The molecule has 3 nitrogen and oxygen atoms in total. The first kappa shape index (κ1) is 12.4. The lowest BCUT2D eigenvalue weighted by Crippen LogP contribution is -2.11. The summed E-state index contributed by atoms with van der Waals surface area (Å²) >= 11 is 0. The Bertz CT molecular complexity index is 792. The first-order valence-corrected chi connectivity index (χ1v) is 6.27. The largest absolute Gasteiger partial charge is 0.366 e. The Hall–Kier alpha value is -2.62. The Morgan fingerprint density at radius 1 is 1.15 bits per heavy atom. The minimum atomic E-state index is -0.449. The van der Waals surface area contributed by atoms with Crippen molar-refractivity contribution in [1.29, 1.82) is 0 Å². The van der Waals surface area contributed by atoms with Crippen LogP contribution in [0.1, 0.15) is 15.9 Å². The van der Waals surface area contributed by atoms with Crippen LogP contribution in [0.15, 0.2) is 54.7 Å². The standard InChI is InChI=1S/C16H13FN2O/c17-14-5-2-6-15-13(14)7-8-19(15)10-11-3-1-4-12(9-11)16(18)20/h1-9H,10H2,(H2,18,20). The normalized spacial score (nSPS) is 10.8. The number of aromatic nitrogens is 1. The summed E-state index contributed by atoms with van der Waals surface area (Å²) < 4.78 is 15.6. The topological polar surface area (TPSA) is 48.0 Å². The SMILES string of the molecule is NC(=O)c1cccc(Cn2ccc3c(F)cccc32)c1. The Morgan fingerprint density at radius 3 is 2.75 bits per heavy atom. The van der Waals surface area contributed by atoms with E-state index >= 15 is 0 Å². The highest BCUT2D eigenvalue weighted by atomic mass is 19.1. The van der Waals surface area contributed by atoms with E-state index in [0.29, 0.717) is 17.5 Å². The lowest BCUT2D eigenvalue weighted by Gasteiger charge is -2.07. The van der Waals surface area contributed by atoms with E-state index in [2.05, 4.69) is 0 Å². The molecule has 0 aliphatic heterocycles. The molecule has 0 spiro atoms. The van der Waals surface area contributed by atoms with Crippen molar-refractivity contribution in [2.75, 3.05) is 0 Å². The molecule has 0 radical (unpaired) electrons. The fraction of sp³-hybridized carbons (Fsp3) is 0.0625. The molecule has 0 bridgehead atoms. The van der Waals surface area contributed by atoms with Crippen LogP contribution in [0.5, 0.6) is 0 Å². The molecule has 1 aromatic heterocycles. The molecule has 3 aromatic rings. The highest BCUT2D eigenvalue weighted by Gasteiger charge is 2.06. The Morgan fingerprint density at radius 2 is 1.95 bits per heavy atom. The second-order valence-corrected chi connectivity index (χ2v) is 4.68. The molecular weight excluding hydrogens is 255 g/mol. The molecule has 100 valence electrons. The minimum absolute atomic E-state index is 0.230. The summed E-state index contributed by atoms with van der Waals surface area (Å²) in [5.41, 5.74) is 7.52. The van der Waals surface area contributed by atoms with E-state index in [4.69, 9.17) is 5.73 Å². The fourth-order valence-electron chi connectivity index (χ4n) is 2.34. The van der Waals surface area contributed by atoms with Gasteiger partial charge in [0.25, 0.3) is 0 Å². The maximum Gasteiger partial charge on any atom is 0.248 e. The van der Waals surface area contributed by atoms with Gasteiger partial charge in [0.15, 0.2) is 0 Å². The van der Waals surface area contributed by atoms with Crippen molar-refractivity contribution < 1.29 is 9.18 Å². The first-order valence-electron chi connectivity index (χ1n) is 6.27.